The first-order valence-electron chi connectivity index (χ1n) is 9.46. The van der Waals surface area contributed by atoms with E-state index in [2.05, 4.69) is 43.3 Å². The van der Waals surface area contributed by atoms with Crippen LogP contribution in [0.25, 0.3) is 0 Å². The molecule has 0 bridgehead atoms. The fraction of sp³-hybridized carbons (Fsp3) is 0.250. The lowest BCUT2D eigenvalue weighted by molar-refractivity contribution is 0.289. The van der Waals surface area contributed by atoms with Gasteiger partial charge < -0.3 is 15.2 Å². The van der Waals surface area contributed by atoms with Gasteiger partial charge in [0.25, 0.3) is 0 Å². The molecule has 2 N–H and O–H groups in total. The molecule has 27 heavy (non-hydrogen) atoms. The van der Waals surface area contributed by atoms with E-state index < -0.39 is 0 Å². The highest BCUT2D eigenvalue weighted by Crippen LogP contribution is 2.25. The fourth-order valence-electron chi connectivity index (χ4n) is 2.84. The van der Waals surface area contributed by atoms with E-state index in [0.29, 0.717) is 13.2 Å². The van der Waals surface area contributed by atoms with E-state index in [1.54, 1.807) is 0 Å². The molecule has 0 amide bonds. The van der Waals surface area contributed by atoms with Crippen LogP contribution in [0, 0.1) is 0 Å². The van der Waals surface area contributed by atoms with Gasteiger partial charge in [0.1, 0.15) is 24.7 Å². The van der Waals surface area contributed by atoms with Crippen LogP contribution in [0.4, 0.5) is 0 Å². The Labute approximate surface area is 161 Å². The monoisotopic (exact) mass is 361 g/mol. The maximum absolute atomic E-state index is 6.15. The van der Waals surface area contributed by atoms with Crippen molar-refractivity contribution in [2.45, 2.75) is 39.0 Å². The molecule has 0 radical (unpaired) electrons. The van der Waals surface area contributed by atoms with Gasteiger partial charge in [0, 0.05) is 12.1 Å². The Morgan fingerprint density at radius 3 is 1.63 bits per heavy atom. The summed E-state index contributed by atoms with van der Waals surface area (Å²) in [4.78, 5) is 0. The molecule has 3 heteroatoms. The second kappa shape index (κ2) is 9.79. The molecule has 1 atom stereocenters. The Balaban J connectivity index is 1.73. The lowest BCUT2D eigenvalue weighted by atomic mass is 10.0. The zero-order valence-electron chi connectivity index (χ0n) is 15.8. The van der Waals surface area contributed by atoms with E-state index in [0.717, 1.165) is 41.0 Å². The highest BCUT2D eigenvalue weighted by molar-refractivity contribution is 5.39. The van der Waals surface area contributed by atoms with E-state index >= 15 is 0 Å². The van der Waals surface area contributed by atoms with Crippen LogP contribution in [-0.4, -0.2) is 6.04 Å². The minimum Gasteiger partial charge on any atom is -0.489 e. The van der Waals surface area contributed by atoms with E-state index in [4.69, 9.17) is 15.2 Å². The molecule has 0 aliphatic carbocycles. The molecule has 0 spiro atoms. The van der Waals surface area contributed by atoms with Gasteiger partial charge in [0.2, 0.25) is 0 Å². The Hall–Kier alpha value is -2.78. The first-order chi connectivity index (χ1) is 13.2. The molecule has 3 nitrogen and oxygen atoms in total. The maximum Gasteiger partial charge on any atom is 0.123 e. The summed E-state index contributed by atoms with van der Waals surface area (Å²) >= 11 is 0. The SMILES string of the molecule is CCC(N)Cc1cc(OCc2ccccc2)cc(OCc2ccccc2)c1. The second-order valence-corrected chi connectivity index (χ2v) is 6.73. The number of rotatable bonds is 9. The summed E-state index contributed by atoms with van der Waals surface area (Å²) in [7, 11) is 0. The van der Waals surface area contributed by atoms with Crippen molar-refractivity contribution in [2.24, 2.45) is 5.73 Å². The van der Waals surface area contributed by atoms with E-state index in [-0.39, 0.29) is 6.04 Å². The van der Waals surface area contributed by atoms with E-state index in [1.165, 1.54) is 0 Å². The van der Waals surface area contributed by atoms with Gasteiger partial charge in [-0.1, -0.05) is 67.6 Å². The summed E-state index contributed by atoms with van der Waals surface area (Å²) in [5.41, 5.74) is 9.57. The lowest BCUT2D eigenvalue weighted by Crippen LogP contribution is -2.21. The van der Waals surface area contributed by atoms with Crippen molar-refractivity contribution in [3.05, 3.63) is 95.6 Å². The number of hydrogen-bond acceptors (Lipinski definition) is 3. The average Bonchev–Trinajstić information content (AvgIpc) is 2.72. The fourth-order valence-corrected chi connectivity index (χ4v) is 2.84. The minimum atomic E-state index is 0.136. The molecular weight excluding hydrogens is 334 g/mol. The van der Waals surface area contributed by atoms with Gasteiger partial charge >= 0.3 is 0 Å². The topological polar surface area (TPSA) is 44.5 Å². The van der Waals surface area contributed by atoms with Crippen molar-refractivity contribution >= 4 is 0 Å². The van der Waals surface area contributed by atoms with Crippen molar-refractivity contribution < 1.29 is 9.47 Å². The molecular formula is C24H27NO2. The lowest BCUT2D eigenvalue weighted by Gasteiger charge is -2.14. The summed E-state index contributed by atoms with van der Waals surface area (Å²) in [5.74, 6) is 1.62. The van der Waals surface area contributed by atoms with Gasteiger partial charge in [-0.05, 0) is 41.7 Å². The smallest absolute Gasteiger partial charge is 0.123 e. The zero-order chi connectivity index (χ0) is 18.9. The van der Waals surface area contributed by atoms with Crippen molar-refractivity contribution in [3.63, 3.8) is 0 Å². The largest absolute Gasteiger partial charge is 0.489 e. The predicted molar refractivity (Wildman–Crippen MR) is 110 cm³/mol. The Kier molecular flexibility index (Phi) is 6.89. The molecule has 0 saturated heterocycles. The van der Waals surface area contributed by atoms with Crippen LogP contribution in [0.2, 0.25) is 0 Å². The van der Waals surface area contributed by atoms with Gasteiger partial charge in [-0.15, -0.1) is 0 Å². The molecule has 140 valence electrons. The quantitative estimate of drug-likeness (QED) is 0.575. The molecule has 0 aliphatic heterocycles. The minimum absolute atomic E-state index is 0.136. The number of ether oxygens (including phenoxy) is 2. The van der Waals surface area contributed by atoms with Crippen LogP contribution >= 0.6 is 0 Å². The van der Waals surface area contributed by atoms with Gasteiger partial charge in [0.05, 0.1) is 0 Å². The molecule has 0 saturated carbocycles. The zero-order valence-corrected chi connectivity index (χ0v) is 15.8. The van der Waals surface area contributed by atoms with Crippen LogP contribution in [0.3, 0.4) is 0 Å². The van der Waals surface area contributed by atoms with E-state index in [9.17, 15) is 0 Å². The third kappa shape index (κ3) is 6.15. The van der Waals surface area contributed by atoms with Crippen LogP contribution in [-0.2, 0) is 19.6 Å². The van der Waals surface area contributed by atoms with Crippen LogP contribution in [0.15, 0.2) is 78.9 Å². The Bertz CT molecular complexity index is 757. The third-order valence-electron chi connectivity index (χ3n) is 4.46. The van der Waals surface area contributed by atoms with Crippen molar-refractivity contribution in [1.29, 1.82) is 0 Å². The summed E-state index contributed by atoms with van der Waals surface area (Å²) in [5, 5.41) is 0. The van der Waals surface area contributed by atoms with Gasteiger partial charge in [-0.3, -0.25) is 0 Å². The average molecular weight is 361 g/mol. The van der Waals surface area contributed by atoms with Gasteiger partial charge in [0.15, 0.2) is 0 Å². The van der Waals surface area contributed by atoms with Crippen molar-refractivity contribution in [2.75, 3.05) is 0 Å². The second-order valence-electron chi connectivity index (χ2n) is 6.73. The predicted octanol–water partition coefficient (Wildman–Crippen LogP) is 5.12. The van der Waals surface area contributed by atoms with E-state index in [1.807, 2.05) is 42.5 Å². The summed E-state index contributed by atoms with van der Waals surface area (Å²) in [6, 6.07) is 26.5. The highest BCUT2D eigenvalue weighted by atomic mass is 16.5. The summed E-state index contributed by atoms with van der Waals surface area (Å²) in [6.07, 6.45) is 1.75. The van der Waals surface area contributed by atoms with Gasteiger partial charge in [-0.25, -0.2) is 0 Å². The standard InChI is InChI=1S/C24H27NO2/c1-2-22(25)13-21-14-23(26-17-19-9-5-3-6-10-19)16-24(15-21)27-18-20-11-7-4-8-12-20/h3-12,14-16,22H,2,13,17-18,25H2,1H3. The highest BCUT2D eigenvalue weighted by Gasteiger charge is 2.08. The van der Waals surface area contributed by atoms with Crippen LogP contribution in [0.1, 0.15) is 30.0 Å². The summed E-state index contributed by atoms with van der Waals surface area (Å²) in [6.45, 7) is 3.16. The molecule has 3 aromatic carbocycles. The van der Waals surface area contributed by atoms with Crippen molar-refractivity contribution in [1.82, 2.24) is 0 Å². The molecule has 0 aromatic heterocycles. The molecule has 3 aromatic rings. The Morgan fingerprint density at radius 2 is 1.19 bits per heavy atom. The first kappa shape index (κ1) is 19.0. The summed E-state index contributed by atoms with van der Waals surface area (Å²) < 4.78 is 12.0. The molecule has 1 unspecified atom stereocenters. The molecule has 3 rings (SSSR count). The van der Waals surface area contributed by atoms with Crippen LogP contribution in [0.5, 0.6) is 11.5 Å². The van der Waals surface area contributed by atoms with Crippen LogP contribution < -0.4 is 15.2 Å². The molecule has 0 fully saturated rings. The van der Waals surface area contributed by atoms with Crippen molar-refractivity contribution in [3.8, 4) is 11.5 Å². The number of hydrogen-bond donors (Lipinski definition) is 1. The Morgan fingerprint density at radius 1 is 0.704 bits per heavy atom. The maximum atomic E-state index is 6.15. The third-order valence-corrected chi connectivity index (χ3v) is 4.46. The molecule has 0 heterocycles. The normalized spacial score (nSPS) is 11.8. The number of benzene rings is 3. The molecule has 0 aliphatic rings. The van der Waals surface area contributed by atoms with Gasteiger partial charge in [-0.2, -0.15) is 0 Å². The first-order valence-corrected chi connectivity index (χ1v) is 9.46. The number of nitrogens with two attached hydrogens (primary N) is 1.